The highest BCUT2D eigenvalue weighted by Crippen LogP contribution is 2.24. The molecule has 0 heterocycles. The largest absolute Gasteiger partial charge is 0.395 e. The van der Waals surface area contributed by atoms with Gasteiger partial charge in [0.25, 0.3) is 0 Å². The van der Waals surface area contributed by atoms with E-state index in [1.54, 1.807) is 0 Å². The molecule has 0 aliphatic heterocycles. The maximum Gasteiger partial charge on any atom is 0.152 e. The van der Waals surface area contributed by atoms with Crippen molar-refractivity contribution in [3.8, 4) is 0 Å². The molecule has 1 aromatic rings. The minimum atomic E-state index is 0.146. The van der Waals surface area contributed by atoms with Crippen molar-refractivity contribution in [3.63, 3.8) is 0 Å². The number of aldehydes is 1. The van der Waals surface area contributed by atoms with E-state index in [-0.39, 0.29) is 6.61 Å². The van der Waals surface area contributed by atoms with Crippen molar-refractivity contribution >= 4 is 29.6 Å². The Hall–Kier alpha value is -1.20. The number of anilines is 2. The summed E-state index contributed by atoms with van der Waals surface area (Å²) in [6.07, 6.45) is 1.91. The highest BCUT2D eigenvalue weighted by molar-refractivity contribution is 8.00. The maximum absolute atomic E-state index is 11.0. The van der Waals surface area contributed by atoms with Gasteiger partial charge in [0.15, 0.2) is 6.29 Å². The Morgan fingerprint density at radius 3 is 2.89 bits per heavy atom. The van der Waals surface area contributed by atoms with E-state index in [9.17, 15) is 4.79 Å². The number of hydrogen-bond acceptors (Lipinski definition) is 5. The molecule has 0 saturated carbocycles. The van der Waals surface area contributed by atoms with Gasteiger partial charge >= 0.3 is 0 Å². The Morgan fingerprint density at radius 1 is 1.50 bits per heavy atom. The van der Waals surface area contributed by atoms with Gasteiger partial charge in [-0.05, 0) is 24.6 Å². The lowest BCUT2D eigenvalue weighted by molar-refractivity contribution is 0.112. The molecule has 5 heteroatoms. The van der Waals surface area contributed by atoms with Crippen molar-refractivity contribution in [3.05, 3.63) is 23.8 Å². The molecule has 0 unspecified atom stereocenters. The summed E-state index contributed by atoms with van der Waals surface area (Å²) >= 11 is 1.45. The Balaban J connectivity index is 2.83. The lowest BCUT2D eigenvalue weighted by Crippen LogP contribution is -2.19. The first-order valence-electron chi connectivity index (χ1n) is 6.02. The summed E-state index contributed by atoms with van der Waals surface area (Å²) in [6, 6.07) is 5.65. The van der Waals surface area contributed by atoms with Crippen LogP contribution in [0, 0.1) is 0 Å². The van der Waals surface area contributed by atoms with Gasteiger partial charge in [-0.1, -0.05) is 18.9 Å². The van der Waals surface area contributed by atoms with Gasteiger partial charge < -0.3 is 14.7 Å². The highest BCUT2D eigenvalue weighted by Gasteiger charge is 2.07. The number of aliphatic hydroxyl groups excluding tert-OH is 1. The van der Waals surface area contributed by atoms with Crippen molar-refractivity contribution in [2.75, 3.05) is 35.6 Å². The van der Waals surface area contributed by atoms with Crippen LogP contribution in [0.3, 0.4) is 0 Å². The molecular weight excluding hydrogens is 248 g/mol. The van der Waals surface area contributed by atoms with E-state index < -0.39 is 0 Å². The number of nitrogens with one attached hydrogen (secondary N) is 1. The van der Waals surface area contributed by atoms with Crippen LogP contribution in [0.1, 0.15) is 23.7 Å². The number of rotatable bonds is 8. The van der Waals surface area contributed by atoms with Crippen molar-refractivity contribution in [2.45, 2.75) is 13.3 Å². The predicted octanol–water partition coefficient (Wildman–Crippen LogP) is 2.40. The summed E-state index contributed by atoms with van der Waals surface area (Å²) in [5.41, 5.74) is 2.57. The topological polar surface area (TPSA) is 52.6 Å². The number of nitrogens with zero attached hydrogens (tertiary/aromatic N) is 1. The molecule has 0 fully saturated rings. The molecule has 0 amide bonds. The fourth-order valence-electron chi connectivity index (χ4n) is 1.67. The highest BCUT2D eigenvalue weighted by atomic mass is 32.2. The molecule has 0 aliphatic rings. The Kier molecular flexibility index (Phi) is 6.60. The van der Waals surface area contributed by atoms with Crippen molar-refractivity contribution in [1.29, 1.82) is 0 Å². The molecule has 0 spiro atoms. The fourth-order valence-corrected chi connectivity index (χ4v) is 2.16. The number of carbonyl (C=O) groups excluding carboxylic acids is 1. The first-order chi connectivity index (χ1) is 8.72. The summed E-state index contributed by atoms with van der Waals surface area (Å²) in [5, 5.41) is 8.72. The number of carbonyl (C=O) groups is 1. The minimum absolute atomic E-state index is 0.146. The Morgan fingerprint density at radius 2 is 2.28 bits per heavy atom. The third-order valence-corrected chi connectivity index (χ3v) is 3.28. The molecule has 100 valence electrons. The smallest absolute Gasteiger partial charge is 0.152 e. The molecular formula is C13H20N2O2S. The quantitative estimate of drug-likeness (QED) is 0.431. The standard InChI is InChI=1S/C13H20N2O2S/c1-3-6-15(2)13-9-12(14-18-8-7-16)5-4-11(13)10-17/h4-5,9-10,14,16H,3,6-8H2,1-2H3. The molecule has 0 atom stereocenters. The van der Waals surface area contributed by atoms with E-state index in [4.69, 9.17) is 5.11 Å². The average molecular weight is 268 g/mol. The van der Waals surface area contributed by atoms with E-state index in [1.807, 2.05) is 25.2 Å². The SMILES string of the molecule is CCCN(C)c1cc(NSCCO)ccc1C=O. The van der Waals surface area contributed by atoms with Gasteiger partial charge in [-0.2, -0.15) is 0 Å². The second kappa shape index (κ2) is 8.00. The van der Waals surface area contributed by atoms with Crippen LogP contribution in [-0.2, 0) is 0 Å². The minimum Gasteiger partial charge on any atom is -0.395 e. The maximum atomic E-state index is 11.0. The van der Waals surface area contributed by atoms with Crippen LogP contribution < -0.4 is 9.62 Å². The third kappa shape index (κ3) is 4.23. The van der Waals surface area contributed by atoms with Crippen LogP contribution in [0.4, 0.5) is 11.4 Å². The van der Waals surface area contributed by atoms with Crippen molar-refractivity contribution < 1.29 is 9.90 Å². The van der Waals surface area contributed by atoms with Crippen LogP contribution in [0.2, 0.25) is 0 Å². The zero-order valence-corrected chi connectivity index (χ0v) is 11.7. The van der Waals surface area contributed by atoms with Gasteiger partial charge in [0.2, 0.25) is 0 Å². The molecule has 0 saturated heterocycles. The third-order valence-electron chi connectivity index (χ3n) is 2.51. The molecule has 0 aliphatic carbocycles. The molecule has 0 bridgehead atoms. The summed E-state index contributed by atoms with van der Waals surface area (Å²) in [6.45, 7) is 3.16. The zero-order valence-electron chi connectivity index (χ0n) is 10.8. The summed E-state index contributed by atoms with van der Waals surface area (Å²) < 4.78 is 3.15. The van der Waals surface area contributed by atoms with Gasteiger partial charge in [0, 0.05) is 36.3 Å². The molecule has 2 N–H and O–H groups in total. The normalized spacial score (nSPS) is 10.2. The molecule has 1 aromatic carbocycles. The van der Waals surface area contributed by atoms with Crippen molar-refractivity contribution in [2.24, 2.45) is 0 Å². The van der Waals surface area contributed by atoms with Crippen LogP contribution in [0.15, 0.2) is 18.2 Å². The molecule has 0 radical (unpaired) electrons. The van der Waals surface area contributed by atoms with Gasteiger partial charge in [0.1, 0.15) is 0 Å². The second-order valence-corrected chi connectivity index (χ2v) is 4.89. The molecule has 1 rings (SSSR count). The lowest BCUT2D eigenvalue weighted by Gasteiger charge is -2.21. The summed E-state index contributed by atoms with van der Waals surface area (Å²) in [5.74, 6) is 0.634. The van der Waals surface area contributed by atoms with E-state index in [0.29, 0.717) is 11.3 Å². The first-order valence-corrected chi connectivity index (χ1v) is 7.00. The summed E-state index contributed by atoms with van der Waals surface area (Å²) in [7, 11) is 1.98. The van der Waals surface area contributed by atoms with Gasteiger partial charge in [-0.25, -0.2) is 0 Å². The average Bonchev–Trinajstić information content (AvgIpc) is 2.39. The van der Waals surface area contributed by atoms with Gasteiger partial charge in [-0.15, -0.1) is 0 Å². The predicted molar refractivity (Wildman–Crippen MR) is 78.6 cm³/mol. The number of benzene rings is 1. The molecule has 4 nitrogen and oxygen atoms in total. The van der Waals surface area contributed by atoms with Gasteiger partial charge in [0.05, 0.1) is 6.61 Å². The molecule has 18 heavy (non-hydrogen) atoms. The zero-order chi connectivity index (χ0) is 13.4. The Bertz CT molecular complexity index is 385. The van der Waals surface area contributed by atoms with E-state index >= 15 is 0 Å². The Labute approximate surface area is 113 Å². The van der Waals surface area contributed by atoms with Crippen LogP contribution in [-0.4, -0.2) is 37.3 Å². The van der Waals surface area contributed by atoms with Crippen molar-refractivity contribution in [1.82, 2.24) is 0 Å². The first kappa shape index (κ1) is 14.9. The van der Waals surface area contributed by atoms with E-state index in [1.165, 1.54) is 11.9 Å². The number of aliphatic hydroxyl groups is 1. The second-order valence-electron chi connectivity index (χ2n) is 3.99. The van der Waals surface area contributed by atoms with Crippen LogP contribution in [0.25, 0.3) is 0 Å². The van der Waals surface area contributed by atoms with Crippen LogP contribution in [0.5, 0.6) is 0 Å². The van der Waals surface area contributed by atoms with Gasteiger partial charge in [-0.3, -0.25) is 4.79 Å². The number of hydrogen-bond donors (Lipinski definition) is 2. The van der Waals surface area contributed by atoms with E-state index in [2.05, 4.69) is 16.5 Å². The van der Waals surface area contributed by atoms with E-state index in [0.717, 1.165) is 30.6 Å². The fraction of sp³-hybridized carbons (Fsp3) is 0.462. The summed E-state index contributed by atoms with van der Waals surface area (Å²) in [4.78, 5) is 13.1. The van der Waals surface area contributed by atoms with Crippen LogP contribution >= 0.6 is 11.9 Å². The monoisotopic (exact) mass is 268 g/mol. The molecule has 0 aromatic heterocycles. The lowest BCUT2D eigenvalue weighted by atomic mass is 10.1.